The summed E-state index contributed by atoms with van der Waals surface area (Å²) in [6, 6.07) is 4.68. The van der Waals surface area contributed by atoms with Gasteiger partial charge in [0.05, 0.1) is 16.6 Å². The summed E-state index contributed by atoms with van der Waals surface area (Å²) in [5.41, 5.74) is 6.04. The summed E-state index contributed by atoms with van der Waals surface area (Å²) in [6.07, 6.45) is 3.05. The van der Waals surface area contributed by atoms with Gasteiger partial charge in [-0.2, -0.15) is 0 Å². The number of carbonyl (C=O) groups excluding carboxylic acids is 2. The third kappa shape index (κ3) is 4.35. The summed E-state index contributed by atoms with van der Waals surface area (Å²) in [6.45, 7) is 0.494. The molecule has 2 unspecified atom stereocenters. The van der Waals surface area contributed by atoms with Gasteiger partial charge in [-0.1, -0.05) is 29.6 Å². The normalized spacial score (nSPS) is 20.7. The molecule has 1 aliphatic carbocycles. The van der Waals surface area contributed by atoms with Crippen LogP contribution in [-0.4, -0.2) is 30.9 Å². The Morgan fingerprint density at radius 2 is 2.00 bits per heavy atom. The van der Waals surface area contributed by atoms with E-state index >= 15 is 0 Å². The van der Waals surface area contributed by atoms with E-state index in [4.69, 9.17) is 28.9 Å². The van der Waals surface area contributed by atoms with Gasteiger partial charge in [-0.05, 0) is 43.5 Å². The van der Waals surface area contributed by atoms with Gasteiger partial charge in [-0.25, -0.2) is 0 Å². The molecule has 120 valence electrons. The number of hydrogen-bond donors (Lipinski definition) is 3. The number of carbonyl (C=O) groups is 2. The predicted octanol–water partition coefficient (Wildman–Crippen LogP) is 1.97. The molecule has 22 heavy (non-hydrogen) atoms. The van der Waals surface area contributed by atoms with Crippen molar-refractivity contribution in [3.63, 3.8) is 0 Å². The first-order valence-corrected chi connectivity index (χ1v) is 7.99. The minimum Gasteiger partial charge on any atom is -0.352 e. The van der Waals surface area contributed by atoms with E-state index < -0.39 is 0 Å². The quantitative estimate of drug-likeness (QED) is 0.764. The largest absolute Gasteiger partial charge is 0.352 e. The number of hydrogen-bond acceptors (Lipinski definition) is 3. The van der Waals surface area contributed by atoms with Crippen molar-refractivity contribution in [1.29, 1.82) is 0 Å². The van der Waals surface area contributed by atoms with Crippen molar-refractivity contribution in [2.45, 2.75) is 25.3 Å². The predicted molar refractivity (Wildman–Crippen MR) is 87.1 cm³/mol. The van der Waals surface area contributed by atoms with Crippen LogP contribution in [0.25, 0.3) is 0 Å². The van der Waals surface area contributed by atoms with Crippen molar-refractivity contribution in [3.8, 4) is 0 Å². The van der Waals surface area contributed by atoms with E-state index in [0.29, 0.717) is 28.1 Å². The fourth-order valence-corrected chi connectivity index (χ4v) is 2.96. The summed E-state index contributed by atoms with van der Waals surface area (Å²) < 4.78 is 0. The zero-order chi connectivity index (χ0) is 16.1. The fraction of sp³-hybridized carbons (Fsp3) is 0.467. The van der Waals surface area contributed by atoms with Crippen LogP contribution in [0.5, 0.6) is 0 Å². The van der Waals surface area contributed by atoms with Crippen LogP contribution in [-0.2, 0) is 4.79 Å². The molecule has 2 amide bonds. The molecule has 0 spiro atoms. The highest BCUT2D eigenvalue weighted by atomic mass is 35.5. The molecular weight excluding hydrogens is 325 g/mol. The van der Waals surface area contributed by atoms with E-state index in [1.165, 1.54) is 6.07 Å². The number of nitrogens with one attached hydrogen (secondary N) is 2. The summed E-state index contributed by atoms with van der Waals surface area (Å²) in [5.74, 6) is -0.246. The van der Waals surface area contributed by atoms with Crippen LogP contribution < -0.4 is 16.4 Å². The minimum absolute atomic E-state index is 0.0765. The van der Waals surface area contributed by atoms with Crippen LogP contribution in [0.1, 0.15) is 29.6 Å². The molecular formula is C15H19Cl2N3O2. The van der Waals surface area contributed by atoms with Crippen LogP contribution in [0.2, 0.25) is 10.0 Å². The minimum atomic E-state index is -0.365. The monoisotopic (exact) mass is 343 g/mol. The number of nitrogens with two attached hydrogens (primary N) is 1. The second-order valence-electron chi connectivity index (χ2n) is 5.41. The lowest BCUT2D eigenvalue weighted by atomic mass is 10.0. The second kappa shape index (κ2) is 7.81. The third-order valence-corrected chi connectivity index (χ3v) is 4.64. The molecule has 0 heterocycles. The fourth-order valence-electron chi connectivity index (χ4n) is 2.67. The van der Waals surface area contributed by atoms with Gasteiger partial charge < -0.3 is 16.4 Å². The smallest absolute Gasteiger partial charge is 0.251 e. The van der Waals surface area contributed by atoms with Crippen LogP contribution >= 0.6 is 23.2 Å². The summed E-state index contributed by atoms with van der Waals surface area (Å²) in [7, 11) is 0. The first-order valence-electron chi connectivity index (χ1n) is 7.24. The molecule has 1 fully saturated rings. The van der Waals surface area contributed by atoms with Crippen molar-refractivity contribution in [2.75, 3.05) is 13.1 Å². The van der Waals surface area contributed by atoms with Crippen LogP contribution in [0.3, 0.4) is 0 Å². The Morgan fingerprint density at radius 1 is 1.23 bits per heavy atom. The number of halogens is 2. The second-order valence-corrected chi connectivity index (χ2v) is 6.23. The maximum Gasteiger partial charge on any atom is 0.251 e. The maximum atomic E-state index is 12.0. The van der Waals surface area contributed by atoms with E-state index in [1.807, 2.05) is 0 Å². The van der Waals surface area contributed by atoms with Gasteiger partial charge in [0.2, 0.25) is 5.91 Å². The molecule has 0 aliphatic heterocycles. The number of amides is 2. The Balaban J connectivity index is 1.82. The molecule has 4 N–H and O–H groups in total. The average molecular weight is 344 g/mol. The van der Waals surface area contributed by atoms with Gasteiger partial charge in [0.25, 0.3) is 5.91 Å². The lowest BCUT2D eigenvalue weighted by molar-refractivity contribution is -0.121. The van der Waals surface area contributed by atoms with E-state index in [1.54, 1.807) is 12.1 Å². The summed E-state index contributed by atoms with van der Waals surface area (Å²) in [5, 5.41) is 6.18. The lowest BCUT2D eigenvalue weighted by Crippen LogP contribution is -2.44. The molecule has 0 aromatic heterocycles. The molecule has 1 aliphatic rings. The Morgan fingerprint density at radius 3 is 2.68 bits per heavy atom. The SMILES string of the molecule is NCC1CCCC1NC(=O)CNC(=O)c1ccc(Cl)c(Cl)c1. The van der Waals surface area contributed by atoms with Gasteiger partial charge in [-0.3, -0.25) is 9.59 Å². The first kappa shape index (κ1) is 17.1. The topological polar surface area (TPSA) is 84.2 Å². The Kier molecular flexibility index (Phi) is 6.06. The highest BCUT2D eigenvalue weighted by molar-refractivity contribution is 6.42. The summed E-state index contributed by atoms with van der Waals surface area (Å²) in [4.78, 5) is 23.9. The van der Waals surface area contributed by atoms with Crippen molar-refractivity contribution < 1.29 is 9.59 Å². The standard InChI is InChI=1S/C15H19Cl2N3O2/c16-11-5-4-9(6-12(11)17)15(22)19-8-14(21)20-13-3-1-2-10(13)7-18/h4-6,10,13H,1-3,7-8,18H2,(H,19,22)(H,20,21). The summed E-state index contributed by atoms with van der Waals surface area (Å²) >= 11 is 11.7. The van der Waals surface area contributed by atoms with Gasteiger partial charge in [0.1, 0.15) is 0 Å². The zero-order valence-corrected chi connectivity index (χ0v) is 13.6. The molecule has 1 saturated carbocycles. The zero-order valence-electron chi connectivity index (χ0n) is 12.1. The maximum absolute atomic E-state index is 12.0. The Hall–Kier alpha value is -1.30. The van der Waals surface area contributed by atoms with Crippen molar-refractivity contribution in [1.82, 2.24) is 10.6 Å². The van der Waals surface area contributed by atoms with E-state index in [-0.39, 0.29) is 24.4 Å². The van der Waals surface area contributed by atoms with Gasteiger partial charge >= 0.3 is 0 Å². The first-order chi connectivity index (χ1) is 10.5. The van der Waals surface area contributed by atoms with Crippen molar-refractivity contribution >= 4 is 35.0 Å². The van der Waals surface area contributed by atoms with Gasteiger partial charge in [-0.15, -0.1) is 0 Å². The van der Waals surface area contributed by atoms with Gasteiger partial charge in [0.15, 0.2) is 0 Å². The highest BCUT2D eigenvalue weighted by Crippen LogP contribution is 2.24. The average Bonchev–Trinajstić information content (AvgIpc) is 2.94. The Labute approximate surface area is 139 Å². The molecule has 2 rings (SSSR count). The molecule has 1 aromatic rings. The van der Waals surface area contributed by atoms with E-state index in [0.717, 1.165) is 19.3 Å². The molecule has 2 atom stereocenters. The third-order valence-electron chi connectivity index (χ3n) is 3.90. The molecule has 7 heteroatoms. The highest BCUT2D eigenvalue weighted by Gasteiger charge is 2.27. The van der Waals surface area contributed by atoms with Crippen molar-refractivity contribution in [2.24, 2.45) is 11.7 Å². The lowest BCUT2D eigenvalue weighted by Gasteiger charge is -2.19. The number of rotatable bonds is 5. The Bertz CT molecular complexity index is 566. The molecule has 1 aromatic carbocycles. The van der Waals surface area contributed by atoms with Crippen LogP contribution in [0.15, 0.2) is 18.2 Å². The molecule has 5 nitrogen and oxygen atoms in total. The number of benzene rings is 1. The molecule has 0 bridgehead atoms. The van der Waals surface area contributed by atoms with Crippen LogP contribution in [0, 0.1) is 5.92 Å². The van der Waals surface area contributed by atoms with Crippen LogP contribution in [0.4, 0.5) is 0 Å². The van der Waals surface area contributed by atoms with Gasteiger partial charge in [0, 0.05) is 11.6 Å². The van der Waals surface area contributed by atoms with Crippen molar-refractivity contribution in [3.05, 3.63) is 33.8 Å². The van der Waals surface area contributed by atoms with E-state index in [2.05, 4.69) is 10.6 Å². The molecule has 0 saturated heterocycles. The molecule has 0 radical (unpaired) electrons. The van der Waals surface area contributed by atoms with E-state index in [9.17, 15) is 9.59 Å².